The minimum atomic E-state index is -1.36. The maximum absolute atomic E-state index is 11.2. The molecule has 0 saturated heterocycles. The molecule has 1 unspecified atom stereocenters. The number of aliphatic hydroxyl groups is 1. The van der Waals surface area contributed by atoms with Crippen molar-refractivity contribution in [1.29, 1.82) is 0 Å². The Morgan fingerprint density at radius 3 is 2.17 bits per heavy atom. The highest BCUT2D eigenvalue weighted by Gasteiger charge is 2.43. The second-order valence-electron chi connectivity index (χ2n) is 3.48. The van der Waals surface area contributed by atoms with Crippen LogP contribution >= 0.6 is 0 Å². The molecule has 0 saturated carbocycles. The number of carbonyl (C=O) groups is 1. The van der Waals surface area contributed by atoms with Gasteiger partial charge in [0.05, 0.1) is 12.2 Å². The van der Waals surface area contributed by atoms with Crippen molar-refractivity contribution in [1.82, 2.24) is 0 Å². The van der Waals surface area contributed by atoms with E-state index in [4.69, 9.17) is 10.5 Å². The lowest BCUT2D eigenvalue weighted by Gasteiger charge is -2.34. The molecule has 4 nitrogen and oxygen atoms in total. The van der Waals surface area contributed by atoms with E-state index >= 15 is 0 Å². The van der Waals surface area contributed by atoms with Crippen LogP contribution < -0.4 is 5.73 Å². The van der Waals surface area contributed by atoms with Crippen molar-refractivity contribution in [2.24, 2.45) is 5.73 Å². The van der Waals surface area contributed by atoms with Crippen molar-refractivity contribution >= 4 is 5.97 Å². The van der Waals surface area contributed by atoms with Gasteiger partial charge in [-0.1, -0.05) is 0 Å². The predicted molar refractivity (Wildman–Crippen MR) is 45.5 cm³/mol. The van der Waals surface area contributed by atoms with Crippen LogP contribution in [0, 0.1) is 0 Å². The maximum atomic E-state index is 11.2. The lowest BCUT2D eigenvalue weighted by Crippen LogP contribution is -2.61. The summed E-state index contributed by atoms with van der Waals surface area (Å²) >= 11 is 0. The van der Waals surface area contributed by atoms with E-state index in [0.717, 1.165) is 0 Å². The van der Waals surface area contributed by atoms with Crippen molar-refractivity contribution in [2.75, 3.05) is 6.61 Å². The van der Waals surface area contributed by atoms with Gasteiger partial charge in [0, 0.05) is 0 Å². The summed E-state index contributed by atoms with van der Waals surface area (Å²) in [7, 11) is 0. The number of hydrogen-bond donors (Lipinski definition) is 2. The molecule has 0 aliphatic rings. The van der Waals surface area contributed by atoms with E-state index in [1.807, 2.05) is 0 Å². The average Bonchev–Trinajstić information content (AvgIpc) is 1.85. The molecule has 1 atom stereocenters. The Morgan fingerprint density at radius 1 is 1.50 bits per heavy atom. The van der Waals surface area contributed by atoms with Gasteiger partial charge in [-0.25, -0.2) is 4.79 Å². The molecular weight excluding hydrogens is 158 g/mol. The molecule has 0 amide bonds. The van der Waals surface area contributed by atoms with Crippen LogP contribution in [0.5, 0.6) is 0 Å². The molecule has 4 heteroatoms. The first kappa shape index (κ1) is 11.4. The van der Waals surface area contributed by atoms with Gasteiger partial charge in [0.25, 0.3) is 0 Å². The predicted octanol–water partition coefficient (Wildman–Crippen LogP) is 0.0378. The van der Waals surface area contributed by atoms with E-state index in [0.29, 0.717) is 0 Å². The monoisotopic (exact) mass is 175 g/mol. The van der Waals surface area contributed by atoms with Gasteiger partial charge < -0.3 is 15.6 Å². The molecule has 0 aliphatic heterocycles. The molecule has 0 fully saturated rings. The average molecular weight is 175 g/mol. The molecule has 0 radical (unpaired) electrons. The first-order valence-electron chi connectivity index (χ1n) is 3.92. The van der Waals surface area contributed by atoms with Crippen LogP contribution in [0.25, 0.3) is 0 Å². The van der Waals surface area contributed by atoms with Crippen molar-refractivity contribution < 1.29 is 14.6 Å². The number of nitrogens with two attached hydrogens (primary N) is 1. The molecule has 0 bridgehead atoms. The number of carbonyl (C=O) groups excluding carboxylic acids is 1. The summed E-state index contributed by atoms with van der Waals surface area (Å²) < 4.78 is 4.71. The summed E-state index contributed by atoms with van der Waals surface area (Å²) in [5, 5.41) is 9.52. The molecule has 72 valence electrons. The van der Waals surface area contributed by atoms with E-state index in [1.54, 1.807) is 6.92 Å². The quantitative estimate of drug-likeness (QED) is 0.594. The minimum Gasteiger partial charge on any atom is -0.465 e. The second-order valence-corrected chi connectivity index (χ2v) is 3.48. The van der Waals surface area contributed by atoms with Crippen LogP contribution in [0.3, 0.4) is 0 Å². The normalized spacial score (nSPS) is 16.8. The lowest BCUT2D eigenvalue weighted by molar-refractivity contribution is -0.157. The maximum Gasteiger partial charge on any atom is 0.328 e. The highest BCUT2D eigenvalue weighted by molar-refractivity contribution is 5.81. The molecule has 0 heterocycles. The van der Waals surface area contributed by atoms with Crippen LogP contribution in [-0.4, -0.2) is 28.8 Å². The van der Waals surface area contributed by atoms with Gasteiger partial charge >= 0.3 is 5.97 Å². The van der Waals surface area contributed by atoms with Gasteiger partial charge in [-0.3, -0.25) is 0 Å². The summed E-state index contributed by atoms with van der Waals surface area (Å²) in [4.78, 5) is 11.2. The number of rotatable bonds is 3. The van der Waals surface area contributed by atoms with Crippen molar-refractivity contribution in [2.45, 2.75) is 38.8 Å². The first-order chi connectivity index (χ1) is 5.23. The number of esters is 1. The fraction of sp³-hybridized carbons (Fsp3) is 0.875. The fourth-order valence-corrected chi connectivity index (χ4v) is 0.531. The van der Waals surface area contributed by atoms with Crippen LogP contribution in [0.1, 0.15) is 27.7 Å². The third kappa shape index (κ3) is 2.19. The van der Waals surface area contributed by atoms with Crippen molar-refractivity contribution in [3.05, 3.63) is 0 Å². The summed E-state index contributed by atoms with van der Waals surface area (Å²) in [6.45, 7) is 6.36. The molecule has 0 spiro atoms. The second kappa shape index (κ2) is 3.41. The standard InChI is InChI=1S/C8H17NO3/c1-5-12-6(10)8(4,9)7(2,3)11/h11H,5,9H2,1-4H3. The van der Waals surface area contributed by atoms with Crippen molar-refractivity contribution in [3.63, 3.8) is 0 Å². The third-order valence-electron chi connectivity index (χ3n) is 1.97. The highest BCUT2D eigenvalue weighted by atomic mass is 16.5. The Balaban J connectivity index is 4.50. The van der Waals surface area contributed by atoms with E-state index in [-0.39, 0.29) is 6.61 Å². The molecule has 0 aromatic rings. The van der Waals surface area contributed by atoms with Gasteiger partial charge in [0.1, 0.15) is 5.54 Å². The zero-order valence-corrected chi connectivity index (χ0v) is 8.05. The van der Waals surface area contributed by atoms with Crippen molar-refractivity contribution in [3.8, 4) is 0 Å². The van der Waals surface area contributed by atoms with Gasteiger partial charge in [-0.15, -0.1) is 0 Å². The zero-order chi connectivity index (χ0) is 9.99. The molecule has 3 N–H and O–H groups in total. The largest absolute Gasteiger partial charge is 0.465 e. The molecule has 0 aromatic carbocycles. The Bertz CT molecular complexity index is 170. The molecule has 0 aromatic heterocycles. The SMILES string of the molecule is CCOC(=O)C(C)(N)C(C)(C)O. The van der Waals surface area contributed by atoms with Gasteiger partial charge in [0.2, 0.25) is 0 Å². The number of ether oxygens (including phenoxy) is 1. The van der Waals surface area contributed by atoms with Crippen LogP contribution in [-0.2, 0) is 9.53 Å². The molecule has 0 aliphatic carbocycles. The highest BCUT2D eigenvalue weighted by Crippen LogP contribution is 2.19. The number of hydrogen-bond acceptors (Lipinski definition) is 4. The van der Waals surface area contributed by atoms with Gasteiger partial charge in [-0.2, -0.15) is 0 Å². The summed E-state index contributed by atoms with van der Waals surface area (Å²) in [5.41, 5.74) is 2.96. The third-order valence-corrected chi connectivity index (χ3v) is 1.97. The summed E-state index contributed by atoms with van der Waals surface area (Å²) in [5.74, 6) is -0.586. The zero-order valence-electron chi connectivity index (χ0n) is 8.05. The lowest BCUT2D eigenvalue weighted by atomic mass is 9.85. The van der Waals surface area contributed by atoms with Crippen LogP contribution in [0.15, 0.2) is 0 Å². The van der Waals surface area contributed by atoms with E-state index in [2.05, 4.69) is 0 Å². The summed E-state index contributed by atoms with van der Waals surface area (Å²) in [6, 6.07) is 0. The molecule has 12 heavy (non-hydrogen) atoms. The van der Waals surface area contributed by atoms with Gasteiger partial charge in [0.15, 0.2) is 0 Å². The van der Waals surface area contributed by atoms with Crippen LogP contribution in [0.2, 0.25) is 0 Å². The fourth-order valence-electron chi connectivity index (χ4n) is 0.531. The van der Waals surface area contributed by atoms with Gasteiger partial charge in [-0.05, 0) is 27.7 Å². The summed E-state index contributed by atoms with van der Waals surface area (Å²) in [6.07, 6.45) is 0. The van der Waals surface area contributed by atoms with E-state index < -0.39 is 17.1 Å². The smallest absolute Gasteiger partial charge is 0.328 e. The van der Waals surface area contributed by atoms with Crippen LogP contribution in [0.4, 0.5) is 0 Å². The van der Waals surface area contributed by atoms with E-state index in [9.17, 15) is 9.90 Å². The Kier molecular flexibility index (Phi) is 3.24. The topological polar surface area (TPSA) is 72.5 Å². The molecule has 0 rings (SSSR count). The Morgan fingerprint density at radius 2 is 1.92 bits per heavy atom. The Hall–Kier alpha value is -0.610. The minimum absolute atomic E-state index is 0.266. The molecular formula is C8H17NO3. The first-order valence-corrected chi connectivity index (χ1v) is 3.92. The van der Waals surface area contributed by atoms with E-state index in [1.165, 1.54) is 20.8 Å². The Labute approximate surface area is 72.7 Å².